The average Bonchev–Trinajstić information content (AvgIpc) is 3.14. The van der Waals surface area contributed by atoms with E-state index in [0.717, 1.165) is 20.2 Å². The van der Waals surface area contributed by atoms with E-state index in [9.17, 15) is 14.0 Å². The Morgan fingerprint density at radius 3 is 2.58 bits per heavy atom. The second-order valence-electron chi connectivity index (χ2n) is 7.35. The van der Waals surface area contributed by atoms with E-state index in [1.807, 2.05) is 36.4 Å². The molecule has 0 saturated carbocycles. The number of rotatable bonds is 3. The zero-order chi connectivity index (χ0) is 21.7. The fourth-order valence-corrected chi connectivity index (χ4v) is 5.11. The van der Waals surface area contributed by atoms with Crippen molar-refractivity contribution in [2.75, 3.05) is 0 Å². The van der Waals surface area contributed by atoms with E-state index in [-0.39, 0.29) is 12.2 Å². The third kappa shape index (κ3) is 3.28. The van der Waals surface area contributed by atoms with Crippen LogP contribution in [0.5, 0.6) is 0 Å². The molecule has 7 heteroatoms. The lowest BCUT2D eigenvalue weighted by atomic mass is 10.2. The third-order valence-corrected chi connectivity index (χ3v) is 6.69. The van der Waals surface area contributed by atoms with Gasteiger partial charge in [0.05, 0.1) is 17.7 Å². The van der Waals surface area contributed by atoms with Crippen LogP contribution >= 0.6 is 22.9 Å². The first-order valence-electron chi connectivity index (χ1n) is 9.62. The Morgan fingerprint density at radius 1 is 1.00 bits per heavy atom. The van der Waals surface area contributed by atoms with Gasteiger partial charge < -0.3 is 0 Å². The molecule has 0 fully saturated rings. The number of benzene rings is 3. The summed E-state index contributed by atoms with van der Waals surface area (Å²) in [7, 11) is 0. The number of aryl methyl sites for hydroxylation is 1. The zero-order valence-corrected chi connectivity index (χ0v) is 18.0. The van der Waals surface area contributed by atoms with Crippen molar-refractivity contribution in [2.24, 2.45) is 0 Å². The van der Waals surface area contributed by atoms with Crippen LogP contribution in [0.4, 0.5) is 4.39 Å². The topological polar surface area (TPSA) is 44.0 Å². The van der Waals surface area contributed by atoms with Gasteiger partial charge in [0.15, 0.2) is 0 Å². The van der Waals surface area contributed by atoms with Gasteiger partial charge in [0.1, 0.15) is 10.5 Å². The van der Waals surface area contributed by atoms with Crippen molar-refractivity contribution in [3.8, 4) is 5.69 Å². The van der Waals surface area contributed by atoms with E-state index < -0.39 is 17.1 Å². The third-order valence-electron chi connectivity index (χ3n) is 5.30. The first-order chi connectivity index (χ1) is 14.9. The molecule has 4 nitrogen and oxygen atoms in total. The fraction of sp³-hybridized carbons (Fsp3) is 0.0833. The van der Waals surface area contributed by atoms with E-state index in [1.165, 1.54) is 17.4 Å². The highest BCUT2D eigenvalue weighted by Gasteiger charge is 2.20. The lowest BCUT2D eigenvalue weighted by molar-refractivity contribution is 0.615. The summed E-state index contributed by atoms with van der Waals surface area (Å²) in [5.74, 6) is -0.471. The second kappa shape index (κ2) is 7.48. The molecule has 2 aromatic heterocycles. The SMILES string of the molecule is Cc1ccc(-n2c(=O)c3sc4ccccc4c3n(Cc3cccc(Cl)c3)c2=O)cc1F. The highest BCUT2D eigenvalue weighted by atomic mass is 35.5. The normalized spacial score (nSPS) is 11.5. The molecule has 0 radical (unpaired) electrons. The Bertz CT molecular complexity index is 1600. The van der Waals surface area contributed by atoms with Gasteiger partial charge in [-0.1, -0.05) is 48.0 Å². The summed E-state index contributed by atoms with van der Waals surface area (Å²) in [6, 6.07) is 19.2. The van der Waals surface area contributed by atoms with Gasteiger partial charge in [-0.15, -0.1) is 11.3 Å². The second-order valence-corrected chi connectivity index (χ2v) is 8.84. The highest BCUT2D eigenvalue weighted by Crippen LogP contribution is 2.31. The van der Waals surface area contributed by atoms with Crippen molar-refractivity contribution in [3.63, 3.8) is 0 Å². The Balaban J connectivity index is 1.89. The van der Waals surface area contributed by atoms with Gasteiger partial charge in [0.2, 0.25) is 0 Å². The first kappa shape index (κ1) is 19.7. The number of halogens is 2. The molecule has 0 bridgehead atoms. The maximum Gasteiger partial charge on any atom is 0.336 e. The lowest BCUT2D eigenvalue weighted by Gasteiger charge is -2.13. The van der Waals surface area contributed by atoms with Gasteiger partial charge in [-0.3, -0.25) is 9.36 Å². The summed E-state index contributed by atoms with van der Waals surface area (Å²) < 4.78 is 18.2. The minimum absolute atomic E-state index is 0.206. The van der Waals surface area contributed by atoms with Crippen molar-refractivity contribution in [3.05, 3.63) is 110 Å². The maximum absolute atomic E-state index is 14.3. The number of hydrogen-bond acceptors (Lipinski definition) is 3. The van der Waals surface area contributed by atoms with Crippen LogP contribution in [0.1, 0.15) is 11.1 Å². The summed E-state index contributed by atoms with van der Waals surface area (Å²) >= 11 is 7.47. The van der Waals surface area contributed by atoms with Crippen LogP contribution in [-0.4, -0.2) is 9.13 Å². The molecule has 0 spiro atoms. The molecule has 0 atom stereocenters. The van der Waals surface area contributed by atoms with Crippen molar-refractivity contribution in [1.82, 2.24) is 9.13 Å². The minimum Gasteiger partial charge on any atom is -0.287 e. The summed E-state index contributed by atoms with van der Waals surface area (Å²) in [6.07, 6.45) is 0. The van der Waals surface area contributed by atoms with Gasteiger partial charge in [0, 0.05) is 15.1 Å². The molecular formula is C24H16ClFN2O2S. The minimum atomic E-state index is -0.524. The number of nitrogens with zero attached hydrogens (tertiary/aromatic N) is 2. The van der Waals surface area contributed by atoms with Crippen molar-refractivity contribution < 1.29 is 4.39 Å². The highest BCUT2D eigenvalue weighted by molar-refractivity contribution is 7.25. The van der Waals surface area contributed by atoms with Crippen LogP contribution in [0.2, 0.25) is 5.02 Å². The van der Waals surface area contributed by atoms with Crippen LogP contribution in [0, 0.1) is 12.7 Å². The van der Waals surface area contributed by atoms with Crippen LogP contribution in [0.25, 0.3) is 26.0 Å². The predicted octanol–water partition coefficient (Wildman–Crippen LogP) is 5.52. The smallest absolute Gasteiger partial charge is 0.287 e. The molecule has 0 aliphatic rings. The molecular weight excluding hydrogens is 435 g/mol. The summed E-state index contributed by atoms with van der Waals surface area (Å²) in [6.45, 7) is 1.86. The Kier molecular flexibility index (Phi) is 4.76. The molecule has 31 heavy (non-hydrogen) atoms. The van der Waals surface area contributed by atoms with Gasteiger partial charge in [0.25, 0.3) is 5.56 Å². The van der Waals surface area contributed by atoms with Crippen molar-refractivity contribution in [1.29, 1.82) is 0 Å². The predicted molar refractivity (Wildman–Crippen MR) is 124 cm³/mol. The van der Waals surface area contributed by atoms with E-state index in [2.05, 4.69) is 0 Å². The molecule has 2 heterocycles. The average molecular weight is 451 g/mol. The molecule has 0 saturated heterocycles. The van der Waals surface area contributed by atoms with E-state index in [4.69, 9.17) is 11.6 Å². The van der Waals surface area contributed by atoms with E-state index in [0.29, 0.717) is 20.8 Å². The van der Waals surface area contributed by atoms with E-state index in [1.54, 1.807) is 35.8 Å². The van der Waals surface area contributed by atoms with Gasteiger partial charge in [-0.25, -0.2) is 13.8 Å². The number of hydrogen-bond donors (Lipinski definition) is 0. The fourth-order valence-electron chi connectivity index (χ4n) is 3.76. The van der Waals surface area contributed by atoms with Gasteiger partial charge in [-0.2, -0.15) is 0 Å². The quantitative estimate of drug-likeness (QED) is 0.363. The maximum atomic E-state index is 14.3. The van der Waals surface area contributed by atoms with Crippen LogP contribution in [0.3, 0.4) is 0 Å². The van der Waals surface area contributed by atoms with Crippen LogP contribution in [-0.2, 0) is 6.54 Å². The molecule has 0 N–H and O–H groups in total. The van der Waals surface area contributed by atoms with Crippen LogP contribution in [0.15, 0.2) is 76.3 Å². The van der Waals surface area contributed by atoms with Crippen molar-refractivity contribution in [2.45, 2.75) is 13.5 Å². The number of aromatic nitrogens is 2. The molecule has 5 rings (SSSR count). The molecule has 0 aliphatic heterocycles. The van der Waals surface area contributed by atoms with Gasteiger partial charge >= 0.3 is 5.69 Å². The largest absolute Gasteiger partial charge is 0.336 e. The number of thiophene rings is 1. The molecule has 3 aromatic carbocycles. The molecule has 154 valence electrons. The van der Waals surface area contributed by atoms with E-state index >= 15 is 0 Å². The molecule has 5 aromatic rings. The van der Waals surface area contributed by atoms with Crippen LogP contribution < -0.4 is 11.2 Å². The molecule has 0 unspecified atom stereocenters. The monoisotopic (exact) mass is 450 g/mol. The summed E-state index contributed by atoms with van der Waals surface area (Å²) in [5.41, 5.74) is 1.08. The lowest BCUT2D eigenvalue weighted by Crippen LogP contribution is -2.38. The Labute approximate surface area is 185 Å². The summed E-state index contributed by atoms with van der Waals surface area (Å²) in [4.78, 5) is 27.0. The number of fused-ring (bicyclic) bond motifs is 3. The van der Waals surface area contributed by atoms with Crippen molar-refractivity contribution >= 4 is 43.2 Å². The standard InChI is InChI=1S/C24H16ClFN2O2S/c1-14-9-10-17(12-19(14)26)28-23(29)22-21(18-7-2-3-8-20(18)31-22)27(24(28)30)13-15-5-4-6-16(25)11-15/h2-12H,13H2,1H3. The Hall–Kier alpha value is -3.22. The zero-order valence-electron chi connectivity index (χ0n) is 16.4. The Morgan fingerprint density at radius 2 is 1.81 bits per heavy atom. The van der Waals surface area contributed by atoms with Gasteiger partial charge in [-0.05, 0) is 48.4 Å². The summed E-state index contributed by atoms with van der Waals surface area (Å²) in [5, 5.41) is 1.40. The first-order valence-corrected chi connectivity index (χ1v) is 10.8. The molecule has 0 amide bonds. The molecule has 0 aliphatic carbocycles.